The van der Waals surface area contributed by atoms with Crippen LogP contribution in [0.5, 0.6) is 0 Å². The van der Waals surface area contributed by atoms with Crippen molar-refractivity contribution in [1.29, 1.82) is 0 Å². The highest BCUT2D eigenvalue weighted by Crippen LogP contribution is 2.18. The molecule has 3 rings (SSSR count). The predicted octanol–water partition coefficient (Wildman–Crippen LogP) is 3.06. The molecule has 0 atom stereocenters. The maximum absolute atomic E-state index is 12.6. The molecule has 4 amide bonds. The minimum atomic E-state index is -0.560. The molecule has 1 aromatic carbocycles. The molecule has 0 spiro atoms. The lowest BCUT2D eigenvalue weighted by atomic mass is 10.2. The Kier molecular flexibility index (Phi) is 6.06. The number of carbonyl (C=O) groups excluding carboxylic acids is 3. The van der Waals surface area contributed by atoms with Gasteiger partial charge in [0.2, 0.25) is 0 Å². The van der Waals surface area contributed by atoms with Crippen LogP contribution in [0.15, 0.2) is 34.7 Å². The van der Waals surface area contributed by atoms with Crippen molar-refractivity contribution in [1.82, 2.24) is 9.80 Å². The second-order valence-corrected chi connectivity index (χ2v) is 6.73. The van der Waals surface area contributed by atoms with E-state index in [1.54, 1.807) is 47.1 Å². The Labute approximate surface area is 168 Å². The maximum Gasteiger partial charge on any atom is 0.411 e. The van der Waals surface area contributed by atoms with Gasteiger partial charge < -0.3 is 24.3 Å². The Morgan fingerprint density at radius 2 is 1.48 bits per heavy atom. The van der Waals surface area contributed by atoms with Crippen LogP contribution < -0.4 is 10.6 Å². The monoisotopic (exact) mass is 400 g/mol. The summed E-state index contributed by atoms with van der Waals surface area (Å²) in [6.45, 7) is 5.38. The molecule has 0 saturated carbocycles. The van der Waals surface area contributed by atoms with Crippen molar-refractivity contribution in [2.24, 2.45) is 0 Å². The highest BCUT2D eigenvalue weighted by Gasteiger charge is 2.26. The number of hydrogen-bond donors (Lipinski definition) is 2. The quantitative estimate of drug-likeness (QED) is 0.824. The summed E-state index contributed by atoms with van der Waals surface area (Å²) in [7, 11) is 1.29. The molecule has 9 heteroatoms. The van der Waals surface area contributed by atoms with E-state index in [9.17, 15) is 14.4 Å². The average Bonchev–Trinajstić information content (AvgIpc) is 3.06. The van der Waals surface area contributed by atoms with Crippen LogP contribution in [-0.4, -0.2) is 61.1 Å². The summed E-state index contributed by atoms with van der Waals surface area (Å²) < 4.78 is 9.97. The zero-order valence-electron chi connectivity index (χ0n) is 16.7. The van der Waals surface area contributed by atoms with Gasteiger partial charge in [0.25, 0.3) is 5.91 Å². The lowest BCUT2D eigenvalue weighted by Gasteiger charge is -2.34. The largest absolute Gasteiger partial charge is 0.466 e. The smallest absolute Gasteiger partial charge is 0.411 e. The number of furan rings is 1. The first kappa shape index (κ1) is 20.2. The summed E-state index contributed by atoms with van der Waals surface area (Å²) in [5.41, 5.74) is 1.74. The molecule has 1 aromatic heterocycles. The zero-order valence-corrected chi connectivity index (χ0v) is 16.7. The molecule has 1 aliphatic rings. The van der Waals surface area contributed by atoms with Crippen LogP contribution in [-0.2, 0) is 4.74 Å². The molecule has 2 aromatic rings. The van der Waals surface area contributed by atoms with Gasteiger partial charge in [-0.25, -0.2) is 9.59 Å². The van der Waals surface area contributed by atoms with Crippen molar-refractivity contribution in [2.45, 2.75) is 13.8 Å². The standard InChI is InChI=1S/C20H24N4O5/c1-13-12-17(14(2)29-13)18(25)23-8-10-24(11-9-23)19(26)21-15-4-6-16(7-5-15)22-20(27)28-3/h4-7,12H,8-11H2,1-3H3,(H,21,26)(H,22,27). The summed E-state index contributed by atoms with van der Waals surface area (Å²) in [4.78, 5) is 39.7. The number of aryl methyl sites for hydroxylation is 2. The van der Waals surface area contributed by atoms with E-state index in [4.69, 9.17) is 4.42 Å². The lowest BCUT2D eigenvalue weighted by Crippen LogP contribution is -2.51. The van der Waals surface area contributed by atoms with Crippen molar-refractivity contribution in [3.63, 3.8) is 0 Å². The molecule has 1 aliphatic heterocycles. The first-order valence-corrected chi connectivity index (χ1v) is 9.24. The highest BCUT2D eigenvalue weighted by atomic mass is 16.5. The van der Waals surface area contributed by atoms with Crippen LogP contribution in [0.2, 0.25) is 0 Å². The van der Waals surface area contributed by atoms with Crippen LogP contribution in [0.1, 0.15) is 21.9 Å². The first-order valence-electron chi connectivity index (χ1n) is 9.24. The van der Waals surface area contributed by atoms with E-state index in [2.05, 4.69) is 15.4 Å². The summed E-state index contributed by atoms with van der Waals surface area (Å²) in [5.74, 6) is 1.24. The number of urea groups is 1. The summed E-state index contributed by atoms with van der Waals surface area (Å²) in [5, 5.41) is 5.36. The number of methoxy groups -OCH3 is 1. The van der Waals surface area contributed by atoms with Gasteiger partial charge >= 0.3 is 12.1 Å². The second-order valence-electron chi connectivity index (χ2n) is 6.73. The van der Waals surface area contributed by atoms with Crippen molar-refractivity contribution >= 4 is 29.4 Å². The number of nitrogens with zero attached hydrogens (tertiary/aromatic N) is 2. The lowest BCUT2D eigenvalue weighted by molar-refractivity contribution is 0.0670. The number of rotatable bonds is 3. The molecule has 1 saturated heterocycles. The third kappa shape index (κ3) is 4.87. The molecule has 9 nitrogen and oxygen atoms in total. The van der Waals surface area contributed by atoms with Crippen LogP contribution >= 0.6 is 0 Å². The Bertz CT molecular complexity index is 898. The fourth-order valence-electron chi connectivity index (χ4n) is 3.13. The third-order valence-electron chi connectivity index (χ3n) is 4.69. The SMILES string of the molecule is COC(=O)Nc1ccc(NC(=O)N2CCN(C(=O)c3cc(C)oc3C)CC2)cc1. The number of amides is 4. The topological polar surface area (TPSA) is 104 Å². The number of piperazine rings is 1. The van der Waals surface area contributed by atoms with E-state index in [1.807, 2.05) is 6.92 Å². The molecular formula is C20H24N4O5. The third-order valence-corrected chi connectivity index (χ3v) is 4.69. The van der Waals surface area contributed by atoms with Gasteiger partial charge in [0.05, 0.1) is 12.7 Å². The van der Waals surface area contributed by atoms with E-state index in [-0.39, 0.29) is 11.9 Å². The molecular weight excluding hydrogens is 376 g/mol. The van der Waals surface area contributed by atoms with Crippen LogP contribution in [0.4, 0.5) is 21.0 Å². The molecule has 29 heavy (non-hydrogen) atoms. The van der Waals surface area contributed by atoms with Crippen molar-refractivity contribution in [3.05, 3.63) is 47.4 Å². The summed E-state index contributed by atoms with van der Waals surface area (Å²) >= 11 is 0. The predicted molar refractivity (Wildman–Crippen MR) is 107 cm³/mol. The molecule has 154 valence electrons. The Hall–Kier alpha value is -3.49. The maximum atomic E-state index is 12.6. The van der Waals surface area contributed by atoms with Crippen LogP contribution in [0.3, 0.4) is 0 Å². The van der Waals surface area contributed by atoms with E-state index in [0.29, 0.717) is 54.6 Å². The average molecular weight is 400 g/mol. The van der Waals surface area contributed by atoms with E-state index >= 15 is 0 Å². The van der Waals surface area contributed by atoms with Crippen molar-refractivity contribution in [2.75, 3.05) is 43.9 Å². The normalized spacial score (nSPS) is 13.8. The second kappa shape index (κ2) is 8.68. The highest BCUT2D eigenvalue weighted by molar-refractivity contribution is 5.96. The van der Waals surface area contributed by atoms with Gasteiger partial charge in [0.15, 0.2) is 0 Å². The Morgan fingerprint density at radius 3 is 2.00 bits per heavy atom. The fourth-order valence-corrected chi connectivity index (χ4v) is 3.13. The van der Waals surface area contributed by atoms with Gasteiger partial charge in [0.1, 0.15) is 11.5 Å². The first-order chi connectivity index (χ1) is 13.9. The Morgan fingerprint density at radius 1 is 0.931 bits per heavy atom. The van der Waals surface area contributed by atoms with E-state index < -0.39 is 6.09 Å². The van der Waals surface area contributed by atoms with Crippen molar-refractivity contribution < 1.29 is 23.5 Å². The van der Waals surface area contributed by atoms with E-state index in [1.165, 1.54) is 7.11 Å². The van der Waals surface area contributed by atoms with Crippen LogP contribution in [0.25, 0.3) is 0 Å². The van der Waals surface area contributed by atoms with Crippen LogP contribution in [0, 0.1) is 13.8 Å². The van der Waals surface area contributed by atoms with Gasteiger partial charge in [0, 0.05) is 37.6 Å². The zero-order chi connectivity index (χ0) is 21.0. The number of carbonyl (C=O) groups is 3. The molecule has 2 N–H and O–H groups in total. The number of hydrogen-bond acceptors (Lipinski definition) is 5. The molecule has 0 bridgehead atoms. The number of ether oxygens (including phenoxy) is 1. The fraction of sp³-hybridized carbons (Fsp3) is 0.350. The van der Waals surface area contributed by atoms with E-state index in [0.717, 1.165) is 0 Å². The molecule has 0 aliphatic carbocycles. The number of nitrogens with one attached hydrogen (secondary N) is 2. The minimum Gasteiger partial charge on any atom is -0.466 e. The van der Waals surface area contributed by atoms with Gasteiger partial charge in [-0.05, 0) is 44.2 Å². The molecule has 0 unspecified atom stereocenters. The number of benzene rings is 1. The van der Waals surface area contributed by atoms with Crippen molar-refractivity contribution in [3.8, 4) is 0 Å². The molecule has 1 fully saturated rings. The van der Waals surface area contributed by atoms with Gasteiger partial charge in [-0.1, -0.05) is 0 Å². The Balaban J connectivity index is 1.51. The summed E-state index contributed by atoms with van der Waals surface area (Å²) in [6, 6.07) is 8.22. The minimum absolute atomic E-state index is 0.0758. The summed E-state index contributed by atoms with van der Waals surface area (Å²) in [6.07, 6.45) is -0.560. The van der Waals surface area contributed by atoms with Gasteiger partial charge in [-0.2, -0.15) is 0 Å². The number of anilines is 2. The molecule has 2 heterocycles. The molecule has 0 radical (unpaired) electrons. The van der Waals surface area contributed by atoms with Gasteiger partial charge in [-0.15, -0.1) is 0 Å². The van der Waals surface area contributed by atoms with Gasteiger partial charge in [-0.3, -0.25) is 10.1 Å².